The van der Waals surface area contributed by atoms with E-state index < -0.39 is 0 Å². The molecule has 0 radical (unpaired) electrons. The first-order chi connectivity index (χ1) is 9.69. The van der Waals surface area contributed by atoms with E-state index >= 15 is 0 Å². The molecule has 3 heterocycles. The Balaban J connectivity index is 1.84. The van der Waals surface area contributed by atoms with Gasteiger partial charge in [-0.05, 0) is 12.8 Å². The molecule has 0 aliphatic carbocycles. The number of fused-ring (bicyclic) bond motifs is 1. The number of ether oxygens (including phenoxy) is 1. The van der Waals surface area contributed by atoms with E-state index in [1.54, 1.807) is 12.7 Å². The standard InChI is InChI=1S/C13H19N5O2/c1-17(2)12-11-13(15-7-14-12)18(8-16-11)5-9-3-4-10(6-19)20-9/h7-10,19H,3-6H2,1-2H3/t9-,10+/m1/s1. The molecule has 1 saturated heterocycles. The third-order valence-corrected chi connectivity index (χ3v) is 3.61. The SMILES string of the molecule is CN(C)c1ncnc2c1ncn2C[C@H]1CC[C@@H](CO)O1. The quantitative estimate of drug-likeness (QED) is 0.873. The number of imidazole rings is 1. The molecule has 3 rings (SSSR count). The predicted octanol–water partition coefficient (Wildman–Crippen LogP) is 0.432. The lowest BCUT2D eigenvalue weighted by Gasteiger charge is -2.14. The van der Waals surface area contributed by atoms with E-state index in [1.807, 2.05) is 23.6 Å². The van der Waals surface area contributed by atoms with E-state index in [2.05, 4.69) is 15.0 Å². The molecule has 0 amide bonds. The van der Waals surface area contributed by atoms with Gasteiger partial charge >= 0.3 is 0 Å². The van der Waals surface area contributed by atoms with Gasteiger partial charge in [0, 0.05) is 14.1 Å². The van der Waals surface area contributed by atoms with Gasteiger partial charge in [-0.3, -0.25) is 0 Å². The second-order valence-corrected chi connectivity index (χ2v) is 5.30. The molecule has 7 nitrogen and oxygen atoms in total. The number of hydrogen-bond donors (Lipinski definition) is 1. The van der Waals surface area contributed by atoms with Crippen LogP contribution in [0.15, 0.2) is 12.7 Å². The molecule has 1 N–H and O–H groups in total. The molecule has 2 aromatic rings. The topological polar surface area (TPSA) is 76.3 Å². The van der Waals surface area contributed by atoms with Crippen molar-refractivity contribution in [2.45, 2.75) is 31.6 Å². The highest BCUT2D eigenvalue weighted by molar-refractivity contribution is 5.82. The van der Waals surface area contributed by atoms with Crippen molar-refractivity contribution in [1.29, 1.82) is 0 Å². The predicted molar refractivity (Wildman–Crippen MR) is 74.6 cm³/mol. The highest BCUT2D eigenvalue weighted by Gasteiger charge is 2.25. The fourth-order valence-corrected chi connectivity index (χ4v) is 2.60. The summed E-state index contributed by atoms with van der Waals surface area (Å²) in [7, 11) is 3.87. The van der Waals surface area contributed by atoms with Gasteiger partial charge in [-0.15, -0.1) is 0 Å². The number of aliphatic hydroxyl groups is 1. The molecule has 1 aliphatic heterocycles. The Labute approximate surface area is 117 Å². The first-order valence-corrected chi connectivity index (χ1v) is 6.78. The number of rotatable bonds is 4. The molecule has 2 aromatic heterocycles. The average molecular weight is 277 g/mol. The molecule has 0 bridgehead atoms. The Bertz CT molecular complexity index is 597. The first-order valence-electron chi connectivity index (χ1n) is 6.78. The molecule has 0 saturated carbocycles. The molecule has 108 valence electrons. The average Bonchev–Trinajstić information content (AvgIpc) is 3.06. The molecule has 20 heavy (non-hydrogen) atoms. The molecule has 0 spiro atoms. The summed E-state index contributed by atoms with van der Waals surface area (Å²) in [5, 5.41) is 9.11. The van der Waals surface area contributed by atoms with Crippen LogP contribution in [0.1, 0.15) is 12.8 Å². The molecule has 2 atom stereocenters. The lowest BCUT2D eigenvalue weighted by molar-refractivity contribution is 0.00537. The summed E-state index contributed by atoms with van der Waals surface area (Å²) >= 11 is 0. The van der Waals surface area contributed by atoms with Gasteiger partial charge in [0.2, 0.25) is 0 Å². The van der Waals surface area contributed by atoms with E-state index in [1.165, 1.54) is 0 Å². The summed E-state index contributed by atoms with van der Waals surface area (Å²) in [6, 6.07) is 0. The van der Waals surface area contributed by atoms with E-state index in [4.69, 9.17) is 9.84 Å². The van der Waals surface area contributed by atoms with Crippen LogP contribution in [0, 0.1) is 0 Å². The van der Waals surface area contributed by atoms with Gasteiger partial charge < -0.3 is 19.3 Å². The van der Waals surface area contributed by atoms with Crippen LogP contribution >= 0.6 is 0 Å². The lowest BCUT2D eigenvalue weighted by atomic mass is 10.2. The van der Waals surface area contributed by atoms with Gasteiger partial charge in [0.05, 0.1) is 31.7 Å². The van der Waals surface area contributed by atoms with Crippen molar-refractivity contribution in [3.63, 3.8) is 0 Å². The largest absolute Gasteiger partial charge is 0.394 e. The first kappa shape index (κ1) is 13.3. The van der Waals surface area contributed by atoms with Crippen molar-refractivity contribution >= 4 is 17.0 Å². The normalized spacial score (nSPS) is 22.6. The van der Waals surface area contributed by atoms with Crippen LogP contribution in [0.4, 0.5) is 5.82 Å². The van der Waals surface area contributed by atoms with Gasteiger partial charge in [-0.2, -0.15) is 0 Å². The zero-order chi connectivity index (χ0) is 14.1. The monoisotopic (exact) mass is 277 g/mol. The summed E-state index contributed by atoms with van der Waals surface area (Å²) in [4.78, 5) is 14.9. The molecular formula is C13H19N5O2. The number of aromatic nitrogens is 4. The van der Waals surface area contributed by atoms with Crippen molar-refractivity contribution in [2.75, 3.05) is 25.6 Å². The number of hydrogen-bond acceptors (Lipinski definition) is 6. The van der Waals surface area contributed by atoms with Gasteiger partial charge in [0.25, 0.3) is 0 Å². The van der Waals surface area contributed by atoms with E-state index in [0.29, 0.717) is 6.54 Å². The third kappa shape index (κ3) is 2.34. The maximum absolute atomic E-state index is 9.11. The van der Waals surface area contributed by atoms with Crippen molar-refractivity contribution in [1.82, 2.24) is 19.5 Å². The molecule has 0 unspecified atom stereocenters. The summed E-state index contributed by atoms with van der Waals surface area (Å²) in [6.07, 6.45) is 5.29. The van der Waals surface area contributed by atoms with Crippen LogP contribution in [0.3, 0.4) is 0 Å². The summed E-state index contributed by atoms with van der Waals surface area (Å²) < 4.78 is 7.75. The van der Waals surface area contributed by atoms with Crippen LogP contribution in [0.2, 0.25) is 0 Å². The summed E-state index contributed by atoms with van der Waals surface area (Å²) in [5.41, 5.74) is 1.62. The van der Waals surface area contributed by atoms with Crippen molar-refractivity contribution < 1.29 is 9.84 Å². The van der Waals surface area contributed by atoms with Crippen molar-refractivity contribution in [3.05, 3.63) is 12.7 Å². The second kappa shape index (κ2) is 5.34. The third-order valence-electron chi connectivity index (χ3n) is 3.61. The molecule has 1 aliphatic rings. The Kier molecular flexibility index (Phi) is 3.54. The van der Waals surface area contributed by atoms with Crippen molar-refractivity contribution in [2.24, 2.45) is 0 Å². The molecule has 1 fully saturated rings. The maximum atomic E-state index is 9.11. The van der Waals surface area contributed by atoms with Gasteiger partial charge in [-0.25, -0.2) is 15.0 Å². The smallest absolute Gasteiger partial charge is 0.165 e. The molecular weight excluding hydrogens is 258 g/mol. The van der Waals surface area contributed by atoms with Crippen LogP contribution < -0.4 is 4.90 Å². The Morgan fingerprint density at radius 1 is 1.30 bits per heavy atom. The Hall–Kier alpha value is -1.73. The van der Waals surface area contributed by atoms with E-state index in [9.17, 15) is 0 Å². The zero-order valence-corrected chi connectivity index (χ0v) is 11.7. The van der Waals surface area contributed by atoms with Crippen LogP contribution in [0.25, 0.3) is 11.2 Å². The Morgan fingerprint density at radius 3 is 2.80 bits per heavy atom. The molecule has 0 aromatic carbocycles. The van der Waals surface area contributed by atoms with Gasteiger partial charge in [0.15, 0.2) is 17.0 Å². The summed E-state index contributed by atoms with van der Waals surface area (Å²) in [6.45, 7) is 0.797. The molecule has 7 heteroatoms. The minimum absolute atomic E-state index is 0.0262. The second-order valence-electron chi connectivity index (χ2n) is 5.30. The van der Waals surface area contributed by atoms with Gasteiger partial charge in [0.1, 0.15) is 6.33 Å². The fourth-order valence-electron chi connectivity index (χ4n) is 2.60. The van der Waals surface area contributed by atoms with Crippen LogP contribution in [0.5, 0.6) is 0 Å². The highest BCUT2D eigenvalue weighted by atomic mass is 16.5. The number of anilines is 1. The van der Waals surface area contributed by atoms with Gasteiger partial charge in [-0.1, -0.05) is 0 Å². The highest BCUT2D eigenvalue weighted by Crippen LogP contribution is 2.24. The number of aliphatic hydroxyl groups excluding tert-OH is 1. The van der Waals surface area contributed by atoms with E-state index in [-0.39, 0.29) is 18.8 Å². The van der Waals surface area contributed by atoms with Crippen LogP contribution in [-0.2, 0) is 11.3 Å². The van der Waals surface area contributed by atoms with Crippen molar-refractivity contribution in [3.8, 4) is 0 Å². The minimum atomic E-state index is -0.0262. The maximum Gasteiger partial charge on any atom is 0.165 e. The number of nitrogens with zero attached hydrogens (tertiary/aromatic N) is 5. The van der Waals surface area contributed by atoms with Crippen LogP contribution in [-0.4, -0.2) is 57.5 Å². The lowest BCUT2D eigenvalue weighted by Crippen LogP contribution is -2.19. The minimum Gasteiger partial charge on any atom is -0.394 e. The Morgan fingerprint density at radius 2 is 2.10 bits per heavy atom. The van der Waals surface area contributed by atoms with E-state index in [0.717, 1.165) is 29.8 Å². The zero-order valence-electron chi connectivity index (χ0n) is 11.7. The summed E-state index contributed by atoms with van der Waals surface area (Å²) in [5.74, 6) is 0.814. The fraction of sp³-hybridized carbons (Fsp3) is 0.615.